The van der Waals surface area contributed by atoms with Crippen molar-refractivity contribution >= 4 is 29.1 Å². The summed E-state index contributed by atoms with van der Waals surface area (Å²) in [7, 11) is 0. The van der Waals surface area contributed by atoms with Gasteiger partial charge in [-0.25, -0.2) is 4.79 Å². The second-order valence-corrected chi connectivity index (χ2v) is 7.59. The third kappa shape index (κ3) is 2.57. The number of nitro benzene ring substituents is 2. The molecule has 2 amide bonds. The molecule has 1 aromatic rings. The largest absolute Gasteiger partial charge is 0.435 e. The van der Waals surface area contributed by atoms with Crippen LogP contribution in [0.5, 0.6) is 0 Å². The topological polar surface area (TPSA) is 145 Å². The maximum atomic E-state index is 12.7. The number of hydrogen-bond donors (Lipinski definition) is 1. The number of amides is 2. The molecule has 2 saturated heterocycles. The van der Waals surface area contributed by atoms with Gasteiger partial charge < -0.3 is 9.64 Å². The molecule has 0 radical (unpaired) electrons. The van der Waals surface area contributed by atoms with Crippen molar-refractivity contribution in [2.24, 2.45) is 11.8 Å². The molecule has 28 heavy (non-hydrogen) atoms. The fraction of sp³-hybridized carbons (Fsp3) is 0.529. The minimum atomic E-state index is -0.971. The summed E-state index contributed by atoms with van der Waals surface area (Å²) in [5.74, 6) is 0.0742. The number of nitrogens with one attached hydrogen (secondary N) is 1. The summed E-state index contributed by atoms with van der Waals surface area (Å²) in [4.78, 5) is 47.2. The summed E-state index contributed by atoms with van der Waals surface area (Å²) in [6, 6.07) is 2.79. The highest BCUT2D eigenvalue weighted by Gasteiger charge is 2.65. The second kappa shape index (κ2) is 6.14. The summed E-state index contributed by atoms with van der Waals surface area (Å²) in [5, 5.41) is 24.2. The van der Waals surface area contributed by atoms with E-state index in [-0.39, 0.29) is 23.1 Å². The van der Waals surface area contributed by atoms with Crippen LogP contribution in [-0.2, 0) is 9.53 Å². The van der Waals surface area contributed by atoms with Crippen molar-refractivity contribution < 1.29 is 24.2 Å². The van der Waals surface area contributed by atoms with Crippen molar-refractivity contribution in [1.29, 1.82) is 0 Å². The Morgan fingerprint density at radius 3 is 2.43 bits per heavy atom. The quantitative estimate of drug-likeness (QED) is 0.614. The lowest BCUT2D eigenvalue weighted by Crippen LogP contribution is -2.42. The molecule has 1 saturated carbocycles. The fourth-order valence-electron chi connectivity index (χ4n) is 5.06. The maximum absolute atomic E-state index is 12.7. The number of nitro groups is 2. The Hall–Kier alpha value is -3.24. The van der Waals surface area contributed by atoms with E-state index in [1.807, 2.05) is 6.92 Å². The maximum Gasteiger partial charge on any atom is 0.412 e. The van der Waals surface area contributed by atoms with E-state index in [1.54, 1.807) is 4.90 Å². The zero-order chi connectivity index (χ0) is 20.2. The average molecular weight is 390 g/mol. The van der Waals surface area contributed by atoms with Gasteiger partial charge in [-0.3, -0.25) is 30.3 Å². The molecule has 3 aliphatic rings. The number of anilines is 1. The minimum Gasteiger partial charge on any atom is -0.435 e. The SMILES string of the molecule is C[C@@]12[C@H]3CC[C@@H]1[C@@H](OC(=O)Nc1cc([N+](=O)[O-])cc([N+](=O)[O-])c1)C(=O)N2CC3. The third-order valence-electron chi connectivity index (χ3n) is 6.37. The number of nitrogens with zero attached hydrogens (tertiary/aromatic N) is 3. The molecule has 11 heteroatoms. The van der Waals surface area contributed by atoms with Gasteiger partial charge in [0.25, 0.3) is 17.3 Å². The predicted molar refractivity (Wildman–Crippen MR) is 94.6 cm³/mol. The van der Waals surface area contributed by atoms with Crippen molar-refractivity contribution in [2.75, 3.05) is 11.9 Å². The van der Waals surface area contributed by atoms with Crippen LogP contribution in [0.4, 0.5) is 21.9 Å². The van der Waals surface area contributed by atoms with Crippen LogP contribution in [0, 0.1) is 32.1 Å². The van der Waals surface area contributed by atoms with Gasteiger partial charge in [0.15, 0.2) is 6.10 Å². The van der Waals surface area contributed by atoms with Crippen LogP contribution in [0.25, 0.3) is 0 Å². The molecular formula is C17H18N4O7. The predicted octanol–water partition coefficient (Wildman–Crippen LogP) is 2.45. The van der Waals surface area contributed by atoms with Gasteiger partial charge in [0.1, 0.15) is 0 Å². The van der Waals surface area contributed by atoms with Gasteiger partial charge in [-0.1, -0.05) is 0 Å². The van der Waals surface area contributed by atoms with Crippen molar-refractivity contribution in [3.8, 4) is 0 Å². The highest BCUT2D eigenvalue weighted by molar-refractivity contribution is 5.91. The number of rotatable bonds is 4. The fourth-order valence-corrected chi connectivity index (χ4v) is 5.06. The lowest BCUT2D eigenvalue weighted by Gasteiger charge is -2.31. The van der Waals surface area contributed by atoms with Crippen molar-refractivity contribution in [3.63, 3.8) is 0 Å². The Kier molecular flexibility index (Phi) is 3.98. The van der Waals surface area contributed by atoms with Gasteiger partial charge in [-0.2, -0.15) is 0 Å². The molecule has 1 N–H and O–H groups in total. The van der Waals surface area contributed by atoms with E-state index >= 15 is 0 Å². The monoisotopic (exact) mass is 390 g/mol. The first-order valence-electron chi connectivity index (χ1n) is 8.95. The van der Waals surface area contributed by atoms with Crippen LogP contribution in [0.15, 0.2) is 18.2 Å². The molecule has 148 valence electrons. The zero-order valence-corrected chi connectivity index (χ0v) is 15.0. The number of ether oxygens (including phenoxy) is 1. The van der Waals surface area contributed by atoms with E-state index in [9.17, 15) is 29.8 Å². The first-order valence-corrected chi connectivity index (χ1v) is 8.95. The highest BCUT2D eigenvalue weighted by Crippen LogP contribution is 2.56. The molecule has 0 aromatic heterocycles. The summed E-state index contributed by atoms with van der Waals surface area (Å²) >= 11 is 0. The van der Waals surface area contributed by atoms with E-state index in [0.29, 0.717) is 12.5 Å². The van der Waals surface area contributed by atoms with E-state index in [1.165, 1.54) is 0 Å². The smallest absolute Gasteiger partial charge is 0.412 e. The van der Waals surface area contributed by atoms with Crippen molar-refractivity contribution in [3.05, 3.63) is 38.4 Å². The third-order valence-corrected chi connectivity index (χ3v) is 6.37. The lowest BCUT2D eigenvalue weighted by atomic mass is 9.84. The molecule has 3 fully saturated rings. The Balaban J connectivity index is 1.52. The first kappa shape index (κ1) is 18.1. The van der Waals surface area contributed by atoms with Gasteiger partial charge in [0.05, 0.1) is 21.6 Å². The summed E-state index contributed by atoms with van der Waals surface area (Å²) in [6.45, 7) is 2.68. The molecule has 0 unspecified atom stereocenters. The Morgan fingerprint density at radius 2 is 1.82 bits per heavy atom. The molecule has 1 aliphatic carbocycles. The lowest BCUT2D eigenvalue weighted by molar-refractivity contribution is -0.394. The van der Waals surface area contributed by atoms with Gasteiger partial charge in [0.2, 0.25) is 0 Å². The summed E-state index contributed by atoms with van der Waals surface area (Å²) in [5.41, 5.74) is -1.51. The average Bonchev–Trinajstić information content (AvgIpc) is 3.20. The molecule has 0 spiro atoms. The molecular weight excluding hydrogens is 372 g/mol. The molecule has 4 atom stereocenters. The molecule has 2 aliphatic heterocycles. The molecule has 0 bridgehead atoms. The van der Waals surface area contributed by atoms with E-state index < -0.39 is 33.4 Å². The van der Waals surface area contributed by atoms with Crippen LogP contribution in [0.1, 0.15) is 26.2 Å². The number of hydrogen-bond acceptors (Lipinski definition) is 7. The first-order chi connectivity index (χ1) is 13.2. The van der Waals surface area contributed by atoms with Crippen LogP contribution < -0.4 is 5.32 Å². The van der Waals surface area contributed by atoms with Gasteiger partial charge in [-0.05, 0) is 32.1 Å². The Bertz CT molecular complexity index is 871. The number of carbonyl (C=O) groups excluding carboxylic acids is 2. The Morgan fingerprint density at radius 1 is 1.18 bits per heavy atom. The van der Waals surface area contributed by atoms with Crippen LogP contribution in [0.2, 0.25) is 0 Å². The van der Waals surface area contributed by atoms with Gasteiger partial charge in [-0.15, -0.1) is 0 Å². The molecule has 2 heterocycles. The van der Waals surface area contributed by atoms with Crippen LogP contribution >= 0.6 is 0 Å². The zero-order valence-electron chi connectivity index (χ0n) is 15.0. The van der Waals surface area contributed by atoms with Crippen molar-refractivity contribution in [2.45, 2.75) is 37.8 Å². The standard InChI is InChI=1S/C17H18N4O7/c1-17-9-2-3-13(17)14(15(22)19(17)5-4-9)28-16(23)18-10-6-11(20(24)25)8-12(7-10)21(26)27/h6-9,13-14H,2-5H2,1H3,(H,18,23)/t9-,13+,14+,17+/m0/s1. The Labute approximate surface area is 158 Å². The summed E-state index contributed by atoms with van der Waals surface area (Å²) in [6.07, 6.45) is 0.827. The van der Waals surface area contributed by atoms with Crippen LogP contribution in [0.3, 0.4) is 0 Å². The molecule has 4 rings (SSSR count). The normalized spacial score (nSPS) is 30.2. The second-order valence-electron chi connectivity index (χ2n) is 7.59. The minimum absolute atomic E-state index is 0.0994. The molecule has 1 aromatic carbocycles. The summed E-state index contributed by atoms with van der Waals surface area (Å²) < 4.78 is 5.38. The van der Waals surface area contributed by atoms with E-state index in [2.05, 4.69) is 5.32 Å². The van der Waals surface area contributed by atoms with Gasteiger partial charge in [0, 0.05) is 30.1 Å². The van der Waals surface area contributed by atoms with Crippen molar-refractivity contribution in [1.82, 2.24) is 4.90 Å². The van der Waals surface area contributed by atoms with E-state index in [4.69, 9.17) is 4.74 Å². The highest BCUT2D eigenvalue weighted by atomic mass is 16.6. The number of benzene rings is 1. The number of carbonyl (C=O) groups is 2. The number of non-ortho nitro benzene ring substituents is 2. The molecule has 11 nitrogen and oxygen atoms in total. The van der Waals surface area contributed by atoms with E-state index in [0.717, 1.165) is 37.5 Å². The van der Waals surface area contributed by atoms with Gasteiger partial charge >= 0.3 is 6.09 Å². The van der Waals surface area contributed by atoms with Crippen LogP contribution in [-0.4, -0.2) is 44.9 Å².